The maximum atomic E-state index is 11.0. The smallest absolute Gasteiger partial charge is 0.337 e. The molecule has 0 aromatic carbocycles. The van der Waals surface area contributed by atoms with Crippen molar-refractivity contribution in [1.82, 2.24) is 9.55 Å². The molecular weight excluding hydrogens is 236 g/mol. The minimum absolute atomic E-state index is 0.378. The van der Waals surface area contributed by atoms with Crippen molar-refractivity contribution >= 4 is 17.3 Å². The maximum absolute atomic E-state index is 11.0. The fraction of sp³-hybridized carbons (Fsp3) is 0.333. The molecule has 2 aromatic heterocycles. The van der Waals surface area contributed by atoms with Crippen LogP contribution in [0, 0.1) is 20.8 Å². The molecule has 2 heterocycles. The number of thiazole rings is 1. The van der Waals surface area contributed by atoms with Gasteiger partial charge in [-0.2, -0.15) is 0 Å². The minimum atomic E-state index is -0.871. The molecule has 90 valence electrons. The van der Waals surface area contributed by atoms with Gasteiger partial charge in [-0.3, -0.25) is 0 Å². The summed E-state index contributed by atoms with van der Waals surface area (Å²) < 4.78 is 2.01. The van der Waals surface area contributed by atoms with Crippen LogP contribution in [0.25, 0.3) is 0 Å². The van der Waals surface area contributed by atoms with Crippen molar-refractivity contribution in [3.63, 3.8) is 0 Å². The zero-order valence-corrected chi connectivity index (χ0v) is 10.8. The van der Waals surface area contributed by atoms with Crippen LogP contribution >= 0.6 is 11.3 Å². The molecule has 0 aliphatic carbocycles. The zero-order valence-electron chi connectivity index (χ0n) is 10.0. The average molecular weight is 250 g/mol. The van der Waals surface area contributed by atoms with Crippen LogP contribution in [0.3, 0.4) is 0 Å². The second-order valence-corrected chi connectivity index (χ2v) is 5.34. The van der Waals surface area contributed by atoms with Crippen LogP contribution in [0.1, 0.15) is 31.6 Å². The molecule has 0 spiro atoms. The quantitative estimate of drug-likeness (QED) is 0.911. The average Bonchev–Trinajstić information content (AvgIpc) is 2.77. The van der Waals surface area contributed by atoms with E-state index in [2.05, 4.69) is 4.98 Å². The molecule has 0 unspecified atom stereocenters. The lowest BCUT2D eigenvalue weighted by molar-refractivity contribution is 0.0696. The molecule has 2 aromatic rings. The molecule has 0 saturated carbocycles. The highest BCUT2D eigenvalue weighted by atomic mass is 32.1. The number of carboxylic acid groups (broad SMARTS) is 1. The lowest BCUT2D eigenvalue weighted by Gasteiger charge is -2.07. The number of rotatable bonds is 3. The van der Waals surface area contributed by atoms with E-state index in [1.54, 1.807) is 17.4 Å². The lowest BCUT2D eigenvalue weighted by Crippen LogP contribution is -2.04. The molecule has 17 heavy (non-hydrogen) atoms. The Kier molecular flexibility index (Phi) is 3.02. The van der Waals surface area contributed by atoms with Crippen molar-refractivity contribution in [2.45, 2.75) is 27.3 Å². The first-order chi connectivity index (χ1) is 7.99. The second kappa shape index (κ2) is 4.33. The largest absolute Gasteiger partial charge is 0.478 e. The van der Waals surface area contributed by atoms with Crippen molar-refractivity contribution in [3.05, 3.63) is 39.1 Å². The predicted octanol–water partition coefficient (Wildman–Crippen LogP) is 2.62. The van der Waals surface area contributed by atoms with E-state index in [-0.39, 0.29) is 0 Å². The van der Waals surface area contributed by atoms with E-state index in [0.29, 0.717) is 12.1 Å². The van der Waals surface area contributed by atoms with E-state index in [0.717, 1.165) is 21.3 Å². The van der Waals surface area contributed by atoms with E-state index in [1.807, 2.05) is 31.5 Å². The third-order valence-corrected chi connectivity index (χ3v) is 3.68. The predicted molar refractivity (Wildman–Crippen MR) is 66.8 cm³/mol. The van der Waals surface area contributed by atoms with Gasteiger partial charge < -0.3 is 9.67 Å². The van der Waals surface area contributed by atoms with Crippen LogP contribution in [-0.2, 0) is 6.54 Å². The third kappa shape index (κ3) is 2.24. The Morgan fingerprint density at radius 3 is 2.65 bits per heavy atom. The standard InChI is InChI=1S/C12H14N2O2S/c1-7-4-11(12(15)16)8(2)14(7)6-10-5-13-9(3)17-10/h4-5H,6H2,1-3H3,(H,15,16). The van der Waals surface area contributed by atoms with Gasteiger partial charge in [0.25, 0.3) is 0 Å². The molecule has 0 saturated heterocycles. The van der Waals surface area contributed by atoms with Crippen molar-refractivity contribution in [2.75, 3.05) is 0 Å². The summed E-state index contributed by atoms with van der Waals surface area (Å²) in [5.41, 5.74) is 2.13. The topological polar surface area (TPSA) is 55.1 Å². The molecule has 4 nitrogen and oxygen atoms in total. The Hall–Kier alpha value is -1.62. The van der Waals surface area contributed by atoms with Gasteiger partial charge in [-0.1, -0.05) is 0 Å². The molecule has 0 radical (unpaired) electrons. The van der Waals surface area contributed by atoms with Gasteiger partial charge in [0.15, 0.2) is 0 Å². The van der Waals surface area contributed by atoms with Gasteiger partial charge in [0.1, 0.15) is 0 Å². The van der Waals surface area contributed by atoms with Crippen LogP contribution in [-0.4, -0.2) is 20.6 Å². The number of hydrogen-bond acceptors (Lipinski definition) is 3. The number of aromatic carboxylic acids is 1. The zero-order chi connectivity index (χ0) is 12.6. The minimum Gasteiger partial charge on any atom is -0.478 e. The molecule has 0 aliphatic rings. The highest BCUT2D eigenvalue weighted by Crippen LogP contribution is 2.19. The Morgan fingerprint density at radius 2 is 2.18 bits per heavy atom. The Morgan fingerprint density at radius 1 is 1.47 bits per heavy atom. The molecule has 2 rings (SSSR count). The van der Waals surface area contributed by atoms with Gasteiger partial charge >= 0.3 is 5.97 Å². The fourth-order valence-electron chi connectivity index (χ4n) is 1.90. The number of carboxylic acids is 1. The van der Waals surface area contributed by atoms with Gasteiger partial charge in [0.2, 0.25) is 0 Å². The summed E-state index contributed by atoms with van der Waals surface area (Å²) in [5.74, 6) is -0.871. The SMILES string of the molecule is Cc1ncc(Cn2c(C)cc(C(=O)O)c2C)s1. The van der Waals surface area contributed by atoms with Gasteiger partial charge in [-0.25, -0.2) is 9.78 Å². The van der Waals surface area contributed by atoms with Crippen molar-refractivity contribution in [2.24, 2.45) is 0 Å². The summed E-state index contributed by atoms with van der Waals surface area (Å²) in [4.78, 5) is 16.4. The summed E-state index contributed by atoms with van der Waals surface area (Å²) >= 11 is 1.64. The second-order valence-electron chi connectivity index (χ2n) is 4.02. The molecule has 0 atom stereocenters. The lowest BCUT2D eigenvalue weighted by atomic mass is 10.2. The first kappa shape index (κ1) is 11.9. The molecule has 0 amide bonds. The van der Waals surface area contributed by atoms with Gasteiger partial charge in [-0.15, -0.1) is 11.3 Å². The molecule has 0 fully saturated rings. The Balaban J connectivity index is 2.36. The normalized spacial score (nSPS) is 10.8. The van der Waals surface area contributed by atoms with Gasteiger partial charge in [0, 0.05) is 22.5 Å². The summed E-state index contributed by atoms with van der Waals surface area (Å²) in [6.07, 6.45) is 1.85. The monoisotopic (exact) mass is 250 g/mol. The van der Waals surface area contributed by atoms with Crippen LogP contribution in [0.2, 0.25) is 0 Å². The van der Waals surface area contributed by atoms with Gasteiger partial charge in [-0.05, 0) is 26.8 Å². The highest BCUT2D eigenvalue weighted by molar-refractivity contribution is 7.11. The fourth-order valence-corrected chi connectivity index (χ4v) is 2.68. The van der Waals surface area contributed by atoms with Crippen LogP contribution in [0.5, 0.6) is 0 Å². The van der Waals surface area contributed by atoms with Crippen molar-refractivity contribution < 1.29 is 9.90 Å². The molecule has 0 aliphatic heterocycles. The summed E-state index contributed by atoms with van der Waals surface area (Å²) in [6.45, 7) is 6.42. The Labute approximate surface area is 104 Å². The highest BCUT2D eigenvalue weighted by Gasteiger charge is 2.15. The number of aryl methyl sites for hydroxylation is 2. The first-order valence-corrected chi connectivity index (χ1v) is 6.12. The molecular formula is C12H14N2O2S. The molecule has 5 heteroatoms. The summed E-state index contributed by atoms with van der Waals surface area (Å²) in [5, 5.41) is 10.1. The summed E-state index contributed by atoms with van der Waals surface area (Å²) in [7, 11) is 0. The molecule has 0 bridgehead atoms. The van der Waals surface area contributed by atoms with Crippen LogP contribution < -0.4 is 0 Å². The van der Waals surface area contributed by atoms with E-state index in [9.17, 15) is 4.79 Å². The number of hydrogen-bond donors (Lipinski definition) is 1. The summed E-state index contributed by atoms with van der Waals surface area (Å²) in [6, 6.07) is 1.71. The number of nitrogens with zero attached hydrogens (tertiary/aromatic N) is 2. The molecule has 1 N–H and O–H groups in total. The van der Waals surface area contributed by atoms with E-state index in [1.165, 1.54) is 0 Å². The van der Waals surface area contributed by atoms with E-state index >= 15 is 0 Å². The first-order valence-electron chi connectivity index (χ1n) is 5.30. The Bertz CT molecular complexity index is 569. The van der Waals surface area contributed by atoms with Gasteiger partial charge in [0.05, 0.1) is 17.1 Å². The van der Waals surface area contributed by atoms with Crippen molar-refractivity contribution in [1.29, 1.82) is 0 Å². The van der Waals surface area contributed by atoms with Crippen LogP contribution in [0.15, 0.2) is 12.3 Å². The van der Waals surface area contributed by atoms with Crippen molar-refractivity contribution in [3.8, 4) is 0 Å². The maximum Gasteiger partial charge on any atom is 0.337 e. The number of carbonyl (C=O) groups is 1. The van der Waals surface area contributed by atoms with E-state index < -0.39 is 5.97 Å². The van der Waals surface area contributed by atoms with Crippen LogP contribution in [0.4, 0.5) is 0 Å². The number of aromatic nitrogens is 2. The van der Waals surface area contributed by atoms with E-state index in [4.69, 9.17) is 5.11 Å². The third-order valence-electron chi connectivity index (χ3n) is 2.79.